The van der Waals surface area contributed by atoms with Crippen molar-refractivity contribution < 1.29 is 0 Å². The van der Waals surface area contributed by atoms with Crippen LogP contribution in [0.3, 0.4) is 0 Å². The molecule has 2 saturated heterocycles. The minimum Gasteiger partial charge on any atom is -0.313 e. The highest BCUT2D eigenvalue weighted by atomic mass is 35.5. The Hall–Kier alpha value is 0.500. The van der Waals surface area contributed by atoms with E-state index in [1.54, 1.807) is 0 Å². The Kier molecular flexibility index (Phi) is 8.02. The Morgan fingerprint density at radius 1 is 1.00 bits per heavy atom. The maximum atomic E-state index is 3.60. The van der Waals surface area contributed by atoms with Crippen molar-refractivity contribution in [1.82, 2.24) is 10.2 Å². The molecule has 14 heavy (non-hydrogen) atoms. The molecule has 4 heteroatoms. The molecule has 1 N–H and O–H groups in total. The van der Waals surface area contributed by atoms with Gasteiger partial charge in [0.2, 0.25) is 0 Å². The molecule has 0 aromatic heterocycles. The van der Waals surface area contributed by atoms with Gasteiger partial charge in [0.1, 0.15) is 0 Å². The summed E-state index contributed by atoms with van der Waals surface area (Å²) in [6.07, 6.45) is 7.07. The predicted octanol–water partition coefficient (Wildman–Crippen LogP) is 2.07. The van der Waals surface area contributed by atoms with Crippen LogP contribution in [0.15, 0.2) is 0 Å². The van der Waals surface area contributed by atoms with E-state index in [-0.39, 0.29) is 24.8 Å². The van der Waals surface area contributed by atoms with E-state index in [0.717, 1.165) is 6.04 Å². The number of nitrogens with one attached hydrogen (secondary N) is 1. The number of halogens is 2. The minimum atomic E-state index is 0. The van der Waals surface area contributed by atoms with Crippen LogP contribution in [-0.2, 0) is 0 Å². The maximum absolute atomic E-state index is 3.60. The lowest BCUT2D eigenvalue weighted by molar-refractivity contribution is 0.263. The zero-order chi connectivity index (χ0) is 8.23. The SMILES string of the molecule is C1CCC(CN2CCCC2)NC1.Cl.Cl. The third-order valence-electron chi connectivity index (χ3n) is 3.09. The number of hydrogen-bond donors (Lipinski definition) is 1. The molecule has 0 saturated carbocycles. The van der Waals surface area contributed by atoms with Crippen molar-refractivity contribution in [3.8, 4) is 0 Å². The van der Waals surface area contributed by atoms with Gasteiger partial charge in [0.25, 0.3) is 0 Å². The summed E-state index contributed by atoms with van der Waals surface area (Å²) in [6, 6.07) is 0.803. The van der Waals surface area contributed by atoms with Crippen LogP contribution in [-0.4, -0.2) is 37.1 Å². The summed E-state index contributed by atoms with van der Waals surface area (Å²) >= 11 is 0. The van der Waals surface area contributed by atoms with E-state index < -0.39 is 0 Å². The molecule has 2 rings (SSSR count). The first-order valence-corrected chi connectivity index (χ1v) is 5.41. The maximum Gasteiger partial charge on any atom is 0.0195 e. The van der Waals surface area contributed by atoms with Crippen LogP contribution >= 0.6 is 24.8 Å². The van der Waals surface area contributed by atoms with E-state index in [1.807, 2.05) is 0 Å². The average molecular weight is 241 g/mol. The fourth-order valence-corrected chi connectivity index (χ4v) is 2.36. The van der Waals surface area contributed by atoms with Crippen molar-refractivity contribution in [2.75, 3.05) is 26.2 Å². The van der Waals surface area contributed by atoms with Gasteiger partial charge in [0, 0.05) is 12.6 Å². The van der Waals surface area contributed by atoms with E-state index in [4.69, 9.17) is 0 Å². The van der Waals surface area contributed by atoms with Gasteiger partial charge >= 0.3 is 0 Å². The van der Waals surface area contributed by atoms with Crippen molar-refractivity contribution >= 4 is 24.8 Å². The van der Waals surface area contributed by atoms with Crippen molar-refractivity contribution in [1.29, 1.82) is 0 Å². The highest BCUT2D eigenvalue weighted by Crippen LogP contribution is 2.12. The van der Waals surface area contributed by atoms with Crippen LogP contribution in [0.4, 0.5) is 0 Å². The topological polar surface area (TPSA) is 15.3 Å². The van der Waals surface area contributed by atoms with Gasteiger partial charge in [-0.25, -0.2) is 0 Å². The molecule has 0 radical (unpaired) electrons. The molecule has 0 aromatic rings. The number of piperidine rings is 1. The fraction of sp³-hybridized carbons (Fsp3) is 1.00. The Morgan fingerprint density at radius 3 is 2.29 bits per heavy atom. The Bertz CT molecular complexity index is 132. The van der Waals surface area contributed by atoms with Crippen LogP contribution in [0, 0.1) is 0 Å². The van der Waals surface area contributed by atoms with Gasteiger partial charge in [-0.3, -0.25) is 0 Å². The molecule has 0 spiro atoms. The molecule has 2 nitrogen and oxygen atoms in total. The summed E-state index contributed by atoms with van der Waals surface area (Å²) in [5, 5.41) is 3.60. The number of hydrogen-bond acceptors (Lipinski definition) is 2. The zero-order valence-electron chi connectivity index (χ0n) is 8.71. The molecule has 2 heterocycles. The molecular weight excluding hydrogens is 219 g/mol. The summed E-state index contributed by atoms with van der Waals surface area (Å²) in [4.78, 5) is 2.61. The summed E-state index contributed by atoms with van der Waals surface area (Å²) in [5.41, 5.74) is 0. The lowest BCUT2D eigenvalue weighted by atomic mass is 10.0. The molecule has 0 aromatic carbocycles. The molecule has 2 aliphatic heterocycles. The van der Waals surface area contributed by atoms with Crippen molar-refractivity contribution in [3.05, 3.63) is 0 Å². The van der Waals surface area contributed by atoms with Crippen LogP contribution < -0.4 is 5.32 Å². The van der Waals surface area contributed by atoms with Crippen molar-refractivity contribution in [3.63, 3.8) is 0 Å². The van der Waals surface area contributed by atoms with Crippen LogP contribution in [0.5, 0.6) is 0 Å². The van der Waals surface area contributed by atoms with Gasteiger partial charge < -0.3 is 10.2 Å². The van der Waals surface area contributed by atoms with Gasteiger partial charge in [0.15, 0.2) is 0 Å². The zero-order valence-corrected chi connectivity index (χ0v) is 10.3. The average Bonchev–Trinajstić information content (AvgIpc) is 2.59. The highest BCUT2D eigenvalue weighted by molar-refractivity contribution is 5.85. The molecule has 2 fully saturated rings. The van der Waals surface area contributed by atoms with Gasteiger partial charge in [-0.05, 0) is 45.3 Å². The second-order valence-electron chi connectivity index (χ2n) is 4.15. The smallest absolute Gasteiger partial charge is 0.0195 e. The first-order valence-electron chi connectivity index (χ1n) is 5.41. The third-order valence-corrected chi connectivity index (χ3v) is 3.09. The summed E-state index contributed by atoms with van der Waals surface area (Å²) in [5.74, 6) is 0. The monoisotopic (exact) mass is 240 g/mol. The summed E-state index contributed by atoms with van der Waals surface area (Å²) < 4.78 is 0. The predicted molar refractivity (Wildman–Crippen MR) is 65.8 cm³/mol. The quantitative estimate of drug-likeness (QED) is 0.796. The fourth-order valence-electron chi connectivity index (χ4n) is 2.36. The number of rotatable bonds is 2. The molecule has 1 atom stereocenters. The van der Waals surface area contributed by atoms with Crippen LogP contribution in [0.2, 0.25) is 0 Å². The van der Waals surface area contributed by atoms with E-state index in [0.29, 0.717) is 0 Å². The van der Waals surface area contributed by atoms with E-state index in [9.17, 15) is 0 Å². The van der Waals surface area contributed by atoms with Gasteiger partial charge in [-0.1, -0.05) is 6.42 Å². The first-order chi connectivity index (χ1) is 5.95. The third kappa shape index (κ3) is 4.35. The van der Waals surface area contributed by atoms with E-state index in [1.165, 1.54) is 58.3 Å². The first kappa shape index (κ1) is 14.5. The molecule has 2 aliphatic rings. The molecule has 0 amide bonds. The molecular formula is C10H22Cl2N2. The number of nitrogens with zero attached hydrogens (tertiary/aromatic N) is 1. The van der Waals surface area contributed by atoms with Crippen LogP contribution in [0.25, 0.3) is 0 Å². The second kappa shape index (κ2) is 7.75. The normalized spacial score (nSPS) is 27.9. The van der Waals surface area contributed by atoms with Gasteiger partial charge in [0.05, 0.1) is 0 Å². The summed E-state index contributed by atoms with van der Waals surface area (Å²) in [6.45, 7) is 5.24. The largest absolute Gasteiger partial charge is 0.313 e. The van der Waals surface area contributed by atoms with Crippen LogP contribution in [0.1, 0.15) is 32.1 Å². The van der Waals surface area contributed by atoms with Gasteiger partial charge in [-0.2, -0.15) is 0 Å². The highest BCUT2D eigenvalue weighted by Gasteiger charge is 2.18. The second-order valence-corrected chi connectivity index (χ2v) is 4.15. The molecule has 0 bridgehead atoms. The molecule has 0 aliphatic carbocycles. The van der Waals surface area contributed by atoms with Crippen molar-refractivity contribution in [2.24, 2.45) is 0 Å². The van der Waals surface area contributed by atoms with E-state index in [2.05, 4.69) is 10.2 Å². The standard InChI is InChI=1S/C10H20N2.2ClH/c1-2-6-11-10(5-1)9-12-7-3-4-8-12;;/h10-11H,1-9H2;2*1H. The Morgan fingerprint density at radius 2 is 1.71 bits per heavy atom. The lowest BCUT2D eigenvalue weighted by Crippen LogP contribution is -2.42. The lowest BCUT2D eigenvalue weighted by Gasteiger charge is -2.27. The molecule has 1 unspecified atom stereocenters. The van der Waals surface area contributed by atoms with Crippen molar-refractivity contribution in [2.45, 2.75) is 38.1 Å². The Labute approximate surface area is 99.6 Å². The summed E-state index contributed by atoms with van der Waals surface area (Å²) in [7, 11) is 0. The van der Waals surface area contributed by atoms with E-state index >= 15 is 0 Å². The van der Waals surface area contributed by atoms with Gasteiger partial charge in [-0.15, -0.1) is 24.8 Å². The number of likely N-dealkylation sites (tertiary alicyclic amines) is 1. The molecule has 86 valence electrons. The minimum absolute atomic E-state index is 0. The Balaban J connectivity index is 0.000000845.